The van der Waals surface area contributed by atoms with Gasteiger partial charge in [-0.15, -0.1) is 0 Å². The zero-order chi connectivity index (χ0) is 23.0. The van der Waals surface area contributed by atoms with Gasteiger partial charge in [-0.2, -0.15) is 0 Å². The lowest BCUT2D eigenvalue weighted by Crippen LogP contribution is -2.46. The van der Waals surface area contributed by atoms with Crippen LogP contribution in [0.4, 0.5) is 5.82 Å². The highest BCUT2D eigenvalue weighted by Gasteiger charge is 2.23. The lowest BCUT2D eigenvalue weighted by molar-refractivity contribution is 0.0378. The average Bonchev–Trinajstić information content (AvgIpc) is 2.84. The van der Waals surface area contributed by atoms with E-state index < -0.39 is 0 Å². The molecule has 0 bridgehead atoms. The third kappa shape index (κ3) is 6.33. The number of benzene rings is 2. The number of ether oxygens (including phenoxy) is 2. The highest BCUT2D eigenvalue weighted by molar-refractivity contribution is 5.94. The van der Waals surface area contributed by atoms with E-state index in [4.69, 9.17) is 9.47 Å². The van der Waals surface area contributed by atoms with Crippen molar-refractivity contribution in [1.82, 2.24) is 9.88 Å². The predicted molar refractivity (Wildman–Crippen MR) is 129 cm³/mol. The predicted octanol–water partition coefficient (Wildman–Crippen LogP) is 4.55. The van der Waals surface area contributed by atoms with Gasteiger partial charge in [0.25, 0.3) is 0 Å². The summed E-state index contributed by atoms with van der Waals surface area (Å²) in [5.41, 5.74) is 2.92. The van der Waals surface area contributed by atoms with Crippen molar-refractivity contribution >= 4 is 11.8 Å². The van der Waals surface area contributed by atoms with Gasteiger partial charge in [0.1, 0.15) is 23.7 Å². The lowest BCUT2D eigenvalue weighted by Gasteiger charge is -2.36. The summed E-state index contributed by atoms with van der Waals surface area (Å²) in [5, 5.41) is 0. The molecule has 2 heterocycles. The molecule has 1 saturated heterocycles. The summed E-state index contributed by atoms with van der Waals surface area (Å²) in [5.74, 6) is 1.28. The Hall–Kier alpha value is -3.38. The molecule has 0 spiro atoms. The van der Waals surface area contributed by atoms with Gasteiger partial charge in [0.15, 0.2) is 0 Å². The molecule has 0 N–H and O–H groups in total. The summed E-state index contributed by atoms with van der Waals surface area (Å²) in [6.07, 6.45) is 1.57. The SMILES string of the molecule is CC(C)OC(=O)c1cccnc1N1CCN(Cc2cccc(OCc3ccccc3)c2)CC1. The van der Waals surface area contributed by atoms with E-state index in [0.717, 1.165) is 44.0 Å². The van der Waals surface area contributed by atoms with Crippen LogP contribution in [0.3, 0.4) is 0 Å². The van der Waals surface area contributed by atoms with E-state index in [2.05, 4.69) is 39.0 Å². The number of pyridine rings is 1. The van der Waals surface area contributed by atoms with Gasteiger partial charge >= 0.3 is 5.97 Å². The molecule has 2 aromatic carbocycles. The number of carbonyl (C=O) groups is 1. The van der Waals surface area contributed by atoms with E-state index in [-0.39, 0.29) is 12.1 Å². The Morgan fingerprint density at radius 2 is 1.70 bits per heavy atom. The fourth-order valence-corrected chi connectivity index (χ4v) is 3.94. The molecule has 0 aliphatic carbocycles. The maximum absolute atomic E-state index is 12.5. The summed E-state index contributed by atoms with van der Waals surface area (Å²) >= 11 is 0. The standard InChI is InChI=1S/C27H31N3O3/c1-21(2)33-27(31)25-12-7-13-28-26(25)30-16-14-29(15-17-30)19-23-10-6-11-24(18-23)32-20-22-8-4-3-5-9-22/h3-13,18,21H,14-17,19-20H2,1-2H3. The fraction of sp³-hybridized carbons (Fsp3) is 0.333. The molecule has 0 amide bonds. The smallest absolute Gasteiger partial charge is 0.342 e. The molecule has 1 aliphatic rings. The van der Waals surface area contributed by atoms with E-state index >= 15 is 0 Å². The van der Waals surface area contributed by atoms with Gasteiger partial charge in [-0.1, -0.05) is 42.5 Å². The second-order valence-corrected chi connectivity index (χ2v) is 8.51. The number of rotatable bonds is 8. The van der Waals surface area contributed by atoms with E-state index in [1.165, 1.54) is 5.56 Å². The number of hydrogen-bond acceptors (Lipinski definition) is 6. The summed E-state index contributed by atoms with van der Waals surface area (Å²) < 4.78 is 11.4. The van der Waals surface area contributed by atoms with Crippen LogP contribution in [0.1, 0.15) is 35.3 Å². The first kappa shape index (κ1) is 22.8. The molecular formula is C27H31N3O3. The highest BCUT2D eigenvalue weighted by atomic mass is 16.5. The average molecular weight is 446 g/mol. The molecule has 0 saturated carbocycles. The van der Waals surface area contributed by atoms with Crippen LogP contribution in [-0.2, 0) is 17.9 Å². The zero-order valence-electron chi connectivity index (χ0n) is 19.3. The highest BCUT2D eigenvalue weighted by Crippen LogP contribution is 2.22. The van der Waals surface area contributed by atoms with Crippen LogP contribution in [0.15, 0.2) is 72.9 Å². The Morgan fingerprint density at radius 3 is 2.45 bits per heavy atom. The molecule has 0 radical (unpaired) electrons. The second-order valence-electron chi connectivity index (χ2n) is 8.51. The molecule has 6 nitrogen and oxygen atoms in total. The van der Waals surface area contributed by atoms with Crippen LogP contribution in [-0.4, -0.2) is 48.1 Å². The number of anilines is 1. The van der Waals surface area contributed by atoms with Crippen molar-refractivity contribution in [3.63, 3.8) is 0 Å². The molecule has 3 aromatic rings. The minimum Gasteiger partial charge on any atom is -0.489 e. The van der Waals surface area contributed by atoms with Crippen LogP contribution >= 0.6 is 0 Å². The fourth-order valence-electron chi connectivity index (χ4n) is 3.94. The van der Waals surface area contributed by atoms with Crippen molar-refractivity contribution in [2.24, 2.45) is 0 Å². The molecule has 172 valence electrons. The minimum absolute atomic E-state index is 0.158. The number of hydrogen-bond donors (Lipinski definition) is 0. The van der Waals surface area contributed by atoms with Crippen LogP contribution in [0.5, 0.6) is 5.75 Å². The molecule has 1 aliphatic heterocycles. The molecule has 0 unspecified atom stereocenters. The van der Waals surface area contributed by atoms with Crippen molar-refractivity contribution < 1.29 is 14.3 Å². The van der Waals surface area contributed by atoms with Crippen molar-refractivity contribution in [1.29, 1.82) is 0 Å². The summed E-state index contributed by atoms with van der Waals surface area (Å²) in [7, 11) is 0. The Labute approximate surface area is 195 Å². The second kappa shape index (κ2) is 11.0. The van der Waals surface area contributed by atoms with Crippen LogP contribution < -0.4 is 9.64 Å². The summed E-state index contributed by atoms with van der Waals surface area (Å²) in [6.45, 7) is 8.54. The van der Waals surface area contributed by atoms with E-state index in [9.17, 15) is 4.79 Å². The molecule has 0 atom stereocenters. The van der Waals surface area contributed by atoms with Crippen molar-refractivity contribution in [3.05, 3.63) is 89.6 Å². The number of nitrogens with zero attached hydrogens (tertiary/aromatic N) is 3. The maximum atomic E-state index is 12.5. The van der Waals surface area contributed by atoms with E-state index in [1.54, 1.807) is 18.3 Å². The number of esters is 1. The molecule has 4 rings (SSSR count). The van der Waals surface area contributed by atoms with Gasteiger partial charge in [0, 0.05) is 38.9 Å². The summed E-state index contributed by atoms with van der Waals surface area (Å²) in [6, 6.07) is 22.1. The van der Waals surface area contributed by atoms with E-state index in [0.29, 0.717) is 18.0 Å². The first-order chi connectivity index (χ1) is 16.1. The molecular weight excluding hydrogens is 414 g/mol. The van der Waals surface area contributed by atoms with Crippen molar-refractivity contribution in [2.45, 2.75) is 33.1 Å². The third-order valence-corrected chi connectivity index (χ3v) is 5.57. The largest absolute Gasteiger partial charge is 0.489 e. The number of carbonyl (C=O) groups excluding carboxylic acids is 1. The monoisotopic (exact) mass is 445 g/mol. The van der Waals surface area contributed by atoms with Gasteiger partial charge < -0.3 is 14.4 Å². The number of piperazine rings is 1. The zero-order valence-corrected chi connectivity index (χ0v) is 19.3. The molecule has 1 aromatic heterocycles. The van der Waals surface area contributed by atoms with Gasteiger partial charge in [-0.25, -0.2) is 9.78 Å². The quantitative estimate of drug-likeness (QED) is 0.474. The van der Waals surface area contributed by atoms with Crippen molar-refractivity contribution in [3.8, 4) is 5.75 Å². The van der Waals surface area contributed by atoms with Gasteiger partial charge in [0.05, 0.1) is 6.10 Å². The minimum atomic E-state index is -0.317. The van der Waals surface area contributed by atoms with Gasteiger partial charge in [-0.3, -0.25) is 4.90 Å². The Kier molecular flexibility index (Phi) is 7.58. The van der Waals surface area contributed by atoms with Crippen LogP contribution in [0, 0.1) is 0 Å². The third-order valence-electron chi connectivity index (χ3n) is 5.57. The summed E-state index contributed by atoms with van der Waals surface area (Å²) in [4.78, 5) is 21.6. The first-order valence-corrected chi connectivity index (χ1v) is 11.5. The van der Waals surface area contributed by atoms with Gasteiger partial charge in [-0.05, 0) is 49.2 Å². The van der Waals surface area contributed by atoms with Crippen molar-refractivity contribution in [2.75, 3.05) is 31.1 Å². The maximum Gasteiger partial charge on any atom is 0.342 e. The Morgan fingerprint density at radius 1 is 0.939 bits per heavy atom. The van der Waals surface area contributed by atoms with Crippen LogP contribution in [0.2, 0.25) is 0 Å². The topological polar surface area (TPSA) is 54.9 Å². The Balaban J connectivity index is 1.33. The normalized spacial score (nSPS) is 14.3. The molecule has 6 heteroatoms. The molecule has 1 fully saturated rings. The Bertz CT molecular complexity index is 1050. The van der Waals surface area contributed by atoms with Crippen LogP contribution in [0.25, 0.3) is 0 Å². The van der Waals surface area contributed by atoms with Gasteiger partial charge in [0.2, 0.25) is 0 Å². The first-order valence-electron chi connectivity index (χ1n) is 11.5. The van der Waals surface area contributed by atoms with E-state index in [1.807, 2.05) is 44.2 Å². The molecule has 33 heavy (non-hydrogen) atoms. The number of aromatic nitrogens is 1. The lowest BCUT2D eigenvalue weighted by atomic mass is 10.1.